The van der Waals surface area contributed by atoms with E-state index in [1.54, 1.807) is 0 Å². The Morgan fingerprint density at radius 3 is 2.86 bits per heavy atom. The number of epoxide rings is 1. The van der Waals surface area contributed by atoms with Gasteiger partial charge in [-0.2, -0.15) is 0 Å². The molecule has 0 aromatic carbocycles. The zero-order chi connectivity index (χ0) is 9.92. The van der Waals surface area contributed by atoms with Crippen LogP contribution < -0.4 is 0 Å². The molecule has 2 saturated carbocycles. The van der Waals surface area contributed by atoms with Crippen LogP contribution in [0.4, 0.5) is 0 Å². The molecule has 0 amide bonds. The Morgan fingerprint density at radius 1 is 1.29 bits per heavy atom. The minimum absolute atomic E-state index is 0.0682. The maximum absolute atomic E-state index is 10.1. The van der Waals surface area contributed by atoms with Crippen LogP contribution in [0.5, 0.6) is 0 Å². The van der Waals surface area contributed by atoms with Gasteiger partial charge in [-0.3, -0.25) is 0 Å². The number of ether oxygens (including phenoxy) is 1. The monoisotopic (exact) mass is 196 g/mol. The van der Waals surface area contributed by atoms with Crippen molar-refractivity contribution in [1.82, 2.24) is 0 Å². The first kappa shape index (κ1) is 9.17. The van der Waals surface area contributed by atoms with E-state index in [-0.39, 0.29) is 6.10 Å². The largest absolute Gasteiger partial charge is 0.393 e. The molecule has 80 valence electrons. The Morgan fingerprint density at radius 2 is 2.07 bits per heavy atom. The van der Waals surface area contributed by atoms with Gasteiger partial charge in [-0.1, -0.05) is 13.8 Å². The summed E-state index contributed by atoms with van der Waals surface area (Å²) in [6.07, 6.45) is 5.43. The van der Waals surface area contributed by atoms with E-state index in [2.05, 4.69) is 13.8 Å². The van der Waals surface area contributed by atoms with Gasteiger partial charge in [0.15, 0.2) is 0 Å². The van der Waals surface area contributed by atoms with E-state index in [0.717, 1.165) is 18.8 Å². The van der Waals surface area contributed by atoms with Crippen molar-refractivity contribution in [3.05, 3.63) is 0 Å². The summed E-state index contributed by atoms with van der Waals surface area (Å²) in [6.45, 7) is 4.71. The van der Waals surface area contributed by atoms with Gasteiger partial charge < -0.3 is 9.84 Å². The van der Waals surface area contributed by atoms with E-state index >= 15 is 0 Å². The number of hydrogen-bond acceptors (Lipinski definition) is 2. The van der Waals surface area contributed by atoms with Crippen LogP contribution in [0.3, 0.4) is 0 Å². The summed E-state index contributed by atoms with van der Waals surface area (Å²) in [6, 6.07) is 0. The van der Waals surface area contributed by atoms with Crippen molar-refractivity contribution < 1.29 is 9.84 Å². The molecule has 6 unspecified atom stereocenters. The maximum Gasteiger partial charge on any atom is 0.0847 e. The Labute approximate surface area is 85.6 Å². The standard InChI is InChI=1S/C12H20O2/c1-7-3-4-9(13)8-5-10-11(14-10)6-12(7,8)2/h7-11,13H,3-6H2,1-2H3. The van der Waals surface area contributed by atoms with Gasteiger partial charge in [0.25, 0.3) is 0 Å². The van der Waals surface area contributed by atoms with Crippen LogP contribution in [0.25, 0.3) is 0 Å². The smallest absolute Gasteiger partial charge is 0.0847 e. The highest BCUT2D eigenvalue weighted by atomic mass is 16.6. The van der Waals surface area contributed by atoms with E-state index in [0.29, 0.717) is 23.5 Å². The van der Waals surface area contributed by atoms with Crippen molar-refractivity contribution in [3.63, 3.8) is 0 Å². The lowest BCUT2D eigenvalue weighted by Crippen LogP contribution is -2.48. The summed E-state index contributed by atoms with van der Waals surface area (Å²) in [5, 5.41) is 10.1. The highest BCUT2D eigenvalue weighted by molar-refractivity contribution is 5.06. The van der Waals surface area contributed by atoms with Crippen molar-refractivity contribution in [2.24, 2.45) is 17.3 Å². The lowest BCUT2D eigenvalue weighted by molar-refractivity contribution is -0.0689. The fourth-order valence-corrected chi connectivity index (χ4v) is 3.79. The van der Waals surface area contributed by atoms with Crippen LogP contribution in [-0.4, -0.2) is 23.4 Å². The zero-order valence-corrected chi connectivity index (χ0v) is 9.07. The average molecular weight is 196 g/mol. The second-order valence-corrected chi connectivity index (χ2v) is 5.81. The molecule has 0 spiro atoms. The molecule has 3 rings (SSSR count). The Hall–Kier alpha value is -0.0800. The third-order valence-electron chi connectivity index (χ3n) is 5.15. The van der Waals surface area contributed by atoms with E-state index in [1.165, 1.54) is 12.8 Å². The Bertz CT molecular complexity index is 253. The van der Waals surface area contributed by atoms with Gasteiger partial charge in [0, 0.05) is 0 Å². The lowest BCUT2D eigenvalue weighted by atomic mass is 9.55. The van der Waals surface area contributed by atoms with E-state index in [4.69, 9.17) is 4.74 Å². The summed E-state index contributed by atoms with van der Waals surface area (Å²) >= 11 is 0. The minimum atomic E-state index is -0.0682. The minimum Gasteiger partial charge on any atom is -0.393 e. The quantitative estimate of drug-likeness (QED) is 0.601. The second-order valence-electron chi connectivity index (χ2n) is 5.81. The van der Waals surface area contributed by atoms with Gasteiger partial charge in [0.1, 0.15) is 0 Å². The predicted octanol–water partition coefficient (Wildman–Crippen LogP) is 1.96. The van der Waals surface area contributed by atoms with Gasteiger partial charge in [-0.25, -0.2) is 0 Å². The Balaban J connectivity index is 1.89. The predicted molar refractivity (Wildman–Crippen MR) is 53.9 cm³/mol. The summed E-state index contributed by atoms with van der Waals surface area (Å²) < 4.78 is 5.62. The molecular weight excluding hydrogens is 176 g/mol. The molecule has 3 aliphatic rings. The molecule has 1 N–H and O–H groups in total. The molecule has 2 aliphatic carbocycles. The topological polar surface area (TPSA) is 32.8 Å². The summed E-state index contributed by atoms with van der Waals surface area (Å²) in [7, 11) is 0. The van der Waals surface area contributed by atoms with Gasteiger partial charge in [-0.05, 0) is 42.9 Å². The average Bonchev–Trinajstić information content (AvgIpc) is 2.87. The summed E-state index contributed by atoms with van der Waals surface area (Å²) in [5.41, 5.74) is 0.343. The molecule has 3 fully saturated rings. The number of fused-ring (bicyclic) bond motifs is 2. The van der Waals surface area contributed by atoms with Crippen molar-refractivity contribution in [1.29, 1.82) is 0 Å². The molecule has 1 saturated heterocycles. The lowest BCUT2D eigenvalue weighted by Gasteiger charge is -2.50. The maximum atomic E-state index is 10.1. The molecule has 14 heavy (non-hydrogen) atoms. The first-order valence-corrected chi connectivity index (χ1v) is 5.95. The third-order valence-corrected chi connectivity index (χ3v) is 5.15. The normalized spacial score (nSPS) is 61.5. The molecule has 0 aromatic rings. The van der Waals surface area contributed by atoms with Crippen LogP contribution in [0, 0.1) is 17.3 Å². The highest BCUT2D eigenvalue weighted by Crippen LogP contribution is 2.57. The molecule has 0 aromatic heterocycles. The summed E-state index contributed by atoms with van der Waals surface area (Å²) in [4.78, 5) is 0. The number of rotatable bonds is 0. The fourth-order valence-electron chi connectivity index (χ4n) is 3.79. The number of aliphatic hydroxyl groups excluding tert-OH is 1. The van der Waals surface area contributed by atoms with Crippen LogP contribution in [-0.2, 0) is 4.74 Å². The van der Waals surface area contributed by atoms with Crippen LogP contribution >= 0.6 is 0 Å². The Kier molecular flexibility index (Phi) is 1.79. The van der Waals surface area contributed by atoms with E-state index in [1.807, 2.05) is 0 Å². The first-order valence-electron chi connectivity index (χ1n) is 5.95. The highest BCUT2D eigenvalue weighted by Gasteiger charge is 2.58. The molecule has 1 heterocycles. The van der Waals surface area contributed by atoms with Crippen molar-refractivity contribution in [2.75, 3.05) is 0 Å². The van der Waals surface area contributed by atoms with Gasteiger partial charge >= 0.3 is 0 Å². The van der Waals surface area contributed by atoms with Gasteiger partial charge in [-0.15, -0.1) is 0 Å². The second kappa shape index (κ2) is 2.73. The molecule has 1 aliphatic heterocycles. The van der Waals surface area contributed by atoms with Crippen molar-refractivity contribution in [2.45, 2.75) is 57.8 Å². The number of aliphatic hydroxyl groups is 1. The van der Waals surface area contributed by atoms with Gasteiger partial charge in [0.2, 0.25) is 0 Å². The van der Waals surface area contributed by atoms with Crippen LogP contribution in [0.15, 0.2) is 0 Å². The SMILES string of the molecule is CC1CCC(O)C2CC3OC3CC12C. The summed E-state index contributed by atoms with van der Waals surface area (Å²) in [5.74, 6) is 1.25. The molecule has 2 heteroatoms. The molecule has 0 radical (unpaired) electrons. The zero-order valence-electron chi connectivity index (χ0n) is 9.07. The molecule has 2 nitrogen and oxygen atoms in total. The van der Waals surface area contributed by atoms with Crippen molar-refractivity contribution in [3.8, 4) is 0 Å². The molecule has 0 bridgehead atoms. The van der Waals surface area contributed by atoms with Crippen LogP contribution in [0.1, 0.15) is 39.5 Å². The first-order chi connectivity index (χ1) is 6.61. The molecule has 6 atom stereocenters. The van der Waals surface area contributed by atoms with E-state index in [9.17, 15) is 5.11 Å². The third kappa shape index (κ3) is 1.10. The van der Waals surface area contributed by atoms with Gasteiger partial charge in [0.05, 0.1) is 18.3 Å². The number of hydrogen-bond donors (Lipinski definition) is 1. The fraction of sp³-hybridized carbons (Fsp3) is 1.00. The van der Waals surface area contributed by atoms with E-state index < -0.39 is 0 Å². The molecular formula is C12H20O2. The van der Waals surface area contributed by atoms with Crippen LogP contribution in [0.2, 0.25) is 0 Å². The van der Waals surface area contributed by atoms with Crippen molar-refractivity contribution >= 4 is 0 Å².